The minimum Gasteiger partial charge on any atom is -0.309 e. The van der Waals surface area contributed by atoms with E-state index >= 15 is 0 Å². The number of hydrogen-bond donors (Lipinski definition) is 2. The van der Waals surface area contributed by atoms with Crippen LogP contribution in [0.25, 0.3) is 0 Å². The van der Waals surface area contributed by atoms with Gasteiger partial charge in [0.15, 0.2) is 5.13 Å². The van der Waals surface area contributed by atoms with E-state index in [0.29, 0.717) is 17.5 Å². The highest BCUT2D eigenvalue weighted by Gasteiger charge is 2.11. The first-order valence-electron chi connectivity index (χ1n) is 6.51. The Morgan fingerprint density at radius 1 is 1.44 bits per heavy atom. The fourth-order valence-corrected chi connectivity index (χ4v) is 2.37. The Bertz CT molecular complexity index is 376. The van der Waals surface area contributed by atoms with Crippen LogP contribution in [-0.4, -0.2) is 17.4 Å². The molecule has 0 radical (unpaired) electrons. The Kier molecular flexibility index (Phi) is 6.29. The van der Waals surface area contributed by atoms with E-state index in [2.05, 4.69) is 29.5 Å². The fourth-order valence-electron chi connectivity index (χ4n) is 1.55. The number of amides is 1. The van der Waals surface area contributed by atoms with Gasteiger partial charge in [0, 0.05) is 17.8 Å². The number of nitrogens with one attached hydrogen (secondary N) is 2. The van der Waals surface area contributed by atoms with Gasteiger partial charge in [-0.25, -0.2) is 4.98 Å². The molecule has 102 valence electrons. The second-order valence-corrected chi connectivity index (χ2v) is 5.76. The largest absolute Gasteiger partial charge is 0.309 e. The van der Waals surface area contributed by atoms with Crippen molar-refractivity contribution in [3.05, 3.63) is 11.1 Å². The Balaban J connectivity index is 2.50. The van der Waals surface area contributed by atoms with Crippen molar-refractivity contribution in [3.8, 4) is 0 Å². The minimum absolute atomic E-state index is 0.0417. The normalized spacial score (nSPS) is 12.7. The number of carbonyl (C=O) groups excluding carboxylic acids is 1. The van der Waals surface area contributed by atoms with Gasteiger partial charge in [0.25, 0.3) is 0 Å². The van der Waals surface area contributed by atoms with Gasteiger partial charge in [0.2, 0.25) is 5.91 Å². The average Bonchev–Trinajstić information content (AvgIpc) is 2.73. The molecule has 1 aromatic heterocycles. The van der Waals surface area contributed by atoms with Crippen LogP contribution >= 0.6 is 11.3 Å². The quantitative estimate of drug-likeness (QED) is 0.799. The second-order valence-electron chi connectivity index (χ2n) is 4.90. The zero-order valence-electron chi connectivity index (χ0n) is 11.6. The Morgan fingerprint density at radius 2 is 2.17 bits per heavy atom. The molecule has 1 rings (SSSR count). The summed E-state index contributed by atoms with van der Waals surface area (Å²) in [7, 11) is 0. The zero-order chi connectivity index (χ0) is 13.5. The lowest BCUT2D eigenvalue weighted by Gasteiger charge is -2.09. The molecule has 0 aliphatic carbocycles. The van der Waals surface area contributed by atoms with Gasteiger partial charge < -0.3 is 10.6 Å². The van der Waals surface area contributed by atoms with E-state index in [1.54, 1.807) is 0 Å². The molecule has 1 aromatic rings. The summed E-state index contributed by atoms with van der Waals surface area (Å²) in [6.07, 6.45) is 1.64. The summed E-state index contributed by atoms with van der Waals surface area (Å²) in [6.45, 7) is 9.27. The summed E-state index contributed by atoms with van der Waals surface area (Å²) in [6, 6.07) is 0.233. The first-order valence-corrected chi connectivity index (χ1v) is 7.39. The minimum atomic E-state index is 0.0417. The van der Waals surface area contributed by atoms with Crippen molar-refractivity contribution in [2.45, 2.75) is 46.6 Å². The lowest BCUT2D eigenvalue weighted by molar-refractivity contribution is -0.116. The summed E-state index contributed by atoms with van der Waals surface area (Å²) in [5.41, 5.74) is 0.994. The molecule has 5 heteroatoms. The van der Waals surface area contributed by atoms with Crippen molar-refractivity contribution in [3.63, 3.8) is 0 Å². The monoisotopic (exact) mass is 269 g/mol. The summed E-state index contributed by atoms with van der Waals surface area (Å²) < 4.78 is 0. The number of rotatable bonds is 7. The highest BCUT2D eigenvalue weighted by atomic mass is 32.1. The SMILES string of the molecule is CCCNC(C)c1csc(NC(=O)CC(C)C)n1. The topological polar surface area (TPSA) is 54.0 Å². The van der Waals surface area contributed by atoms with Crippen LogP contribution in [0.15, 0.2) is 5.38 Å². The predicted octanol–water partition coefficient (Wildman–Crippen LogP) is 3.19. The summed E-state index contributed by atoms with van der Waals surface area (Å²) in [5.74, 6) is 0.412. The molecule has 1 heterocycles. The smallest absolute Gasteiger partial charge is 0.226 e. The molecular formula is C13H23N3OS. The van der Waals surface area contributed by atoms with Gasteiger partial charge >= 0.3 is 0 Å². The molecule has 0 saturated heterocycles. The molecule has 0 bridgehead atoms. The third kappa shape index (κ3) is 5.14. The molecule has 0 aromatic carbocycles. The maximum absolute atomic E-state index is 11.6. The summed E-state index contributed by atoms with van der Waals surface area (Å²) >= 11 is 1.48. The zero-order valence-corrected chi connectivity index (χ0v) is 12.4. The molecule has 0 aliphatic rings. The van der Waals surface area contributed by atoms with Crippen LogP contribution < -0.4 is 10.6 Å². The van der Waals surface area contributed by atoms with Crippen LogP contribution in [0, 0.1) is 5.92 Å². The van der Waals surface area contributed by atoms with Crippen LogP contribution in [0.2, 0.25) is 0 Å². The molecule has 18 heavy (non-hydrogen) atoms. The molecule has 2 N–H and O–H groups in total. The van der Waals surface area contributed by atoms with Crippen molar-refractivity contribution in [2.24, 2.45) is 5.92 Å². The first kappa shape index (κ1) is 15.1. The van der Waals surface area contributed by atoms with E-state index in [4.69, 9.17) is 0 Å². The van der Waals surface area contributed by atoms with Crippen LogP contribution in [-0.2, 0) is 4.79 Å². The molecule has 0 fully saturated rings. The van der Waals surface area contributed by atoms with Gasteiger partial charge in [-0.2, -0.15) is 0 Å². The third-order valence-corrected chi connectivity index (χ3v) is 3.28. The van der Waals surface area contributed by atoms with Crippen LogP contribution in [0.4, 0.5) is 5.13 Å². The van der Waals surface area contributed by atoms with Crippen molar-refractivity contribution in [1.29, 1.82) is 0 Å². The molecule has 0 saturated carbocycles. The van der Waals surface area contributed by atoms with Gasteiger partial charge in [-0.1, -0.05) is 20.8 Å². The van der Waals surface area contributed by atoms with Gasteiger partial charge in [-0.15, -0.1) is 11.3 Å². The molecule has 4 nitrogen and oxygen atoms in total. The summed E-state index contributed by atoms with van der Waals surface area (Å²) in [4.78, 5) is 16.0. The van der Waals surface area contributed by atoms with E-state index in [1.807, 2.05) is 19.2 Å². The lowest BCUT2D eigenvalue weighted by Crippen LogP contribution is -2.19. The Morgan fingerprint density at radius 3 is 2.78 bits per heavy atom. The number of hydrogen-bond acceptors (Lipinski definition) is 4. The van der Waals surface area contributed by atoms with E-state index in [-0.39, 0.29) is 11.9 Å². The third-order valence-electron chi connectivity index (χ3n) is 2.51. The number of carbonyl (C=O) groups is 1. The number of thiazole rings is 1. The number of aromatic nitrogens is 1. The van der Waals surface area contributed by atoms with Crippen LogP contribution in [0.3, 0.4) is 0 Å². The molecular weight excluding hydrogens is 246 g/mol. The fraction of sp³-hybridized carbons (Fsp3) is 0.692. The average molecular weight is 269 g/mol. The first-order chi connectivity index (χ1) is 8.52. The van der Waals surface area contributed by atoms with Crippen LogP contribution in [0.5, 0.6) is 0 Å². The standard InChI is InChI=1S/C13H23N3OS/c1-5-6-14-10(4)11-8-18-13(15-11)16-12(17)7-9(2)3/h8-10,14H,5-7H2,1-4H3,(H,15,16,17). The van der Waals surface area contributed by atoms with E-state index in [1.165, 1.54) is 11.3 Å². The van der Waals surface area contributed by atoms with E-state index < -0.39 is 0 Å². The van der Waals surface area contributed by atoms with Crippen molar-refractivity contribution in [1.82, 2.24) is 10.3 Å². The maximum Gasteiger partial charge on any atom is 0.226 e. The highest BCUT2D eigenvalue weighted by molar-refractivity contribution is 7.13. The molecule has 0 spiro atoms. The molecule has 1 unspecified atom stereocenters. The lowest BCUT2D eigenvalue weighted by atomic mass is 10.1. The highest BCUT2D eigenvalue weighted by Crippen LogP contribution is 2.20. The van der Waals surface area contributed by atoms with Crippen molar-refractivity contribution >= 4 is 22.4 Å². The number of anilines is 1. The van der Waals surface area contributed by atoms with Crippen molar-refractivity contribution < 1.29 is 4.79 Å². The molecule has 0 aliphatic heterocycles. The van der Waals surface area contributed by atoms with Crippen molar-refractivity contribution in [2.75, 3.05) is 11.9 Å². The summed E-state index contributed by atoms with van der Waals surface area (Å²) in [5, 5.41) is 8.92. The van der Waals surface area contributed by atoms with E-state index in [9.17, 15) is 4.79 Å². The molecule has 1 amide bonds. The van der Waals surface area contributed by atoms with Gasteiger partial charge in [-0.3, -0.25) is 4.79 Å². The van der Waals surface area contributed by atoms with Gasteiger partial charge in [0.05, 0.1) is 5.69 Å². The second kappa shape index (κ2) is 7.48. The maximum atomic E-state index is 11.6. The van der Waals surface area contributed by atoms with Gasteiger partial charge in [0.1, 0.15) is 0 Å². The Labute approximate surface area is 113 Å². The van der Waals surface area contributed by atoms with E-state index in [0.717, 1.165) is 18.7 Å². The Hall–Kier alpha value is -0.940. The molecule has 1 atom stereocenters. The number of nitrogens with zero attached hydrogens (tertiary/aromatic N) is 1. The van der Waals surface area contributed by atoms with Crippen LogP contribution in [0.1, 0.15) is 52.3 Å². The predicted molar refractivity (Wildman–Crippen MR) is 76.9 cm³/mol. The van der Waals surface area contributed by atoms with Gasteiger partial charge in [-0.05, 0) is 25.8 Å².